The Morgan fingerprint density at radius 2 is 2.11 bits per heavy atom. The van der Waals surface area contributed by atoms with Crippen LogP contribution in [0.5, 0.6) is 0 Å². The molecule has 0 saturated carbocycles. The SMILES string of the molecule is CCOC(=O)C(N)C(=O)Nc1nnc(CC(C)C)s1. The van der Waals surface area contributed by atoms with Gasteiger partial charge in [0.2, 0.25) is 5.13 Å². The molecule has 3 N–H and O–H groups in total. The van der Waals surface area contributed by atoms with E-state index in [1.807, 2.05) is 0 Å². The van der Waals surface area contributed by atoms with Gasteiger partial charge in [0, 0.05) is 6.42 Å². The van der Waals surface area contributed by atoms with Crippen molar-refractivity contribution in [1.29, 1.82) is 0 Å². The van der Waals surface area contributed by atoms with E-state index in [1.165, 1.54) is 11.3 Å². The molecule has 1 amide bonds. The maximum absolute atomic E-state index is 11.7. The highest BCUT2D eigenvalue weighted by atomic mass is 32.1. The molecule has 0 radical (unpaired) electrons. The number of nitrogens with two attached hydrogens (primary N) is 1. The van der Waals surface area contributed by atoms with Crippen LogP contribution in [0, 0.1) is 5.92 Å². The Hall–Kier alpha value is -1.54. The number of carbonyl (C=O) groups is 2. The predicted molar refractivity (Wildman–Crippen MR) is 71.7 cm³/mol. The number of ether oxygens (including phenoxy) is 1. The number of nitrogens with zero attached hydrogens (tertiary/aromatic N) is 2. The van der Waals surface area contributed by atoms with E-state index in [1.54, 1.807) is 6.92 Å². The molecule has 106 valence electrons. The predicted octanol–water partition coefficient (Wildman–Crippen LogP) is 0.565. The fourth-order valence-corrected chi connectivity index (χ4v) is 2.21. The lowest BCUT2D eigenvalue weighted by atomic mass is 10.1. The third kappa shape index (κ3) is 4.92. The molecule has 0 fully saturated rings. The van der Waals surface area contributed by atoms with Gasteiger partial charge in [0.05, 0.1) is 6.61 Å². The average molecular weight is 286 g/mol. The number of esters is 1. The van der Waals surface area contributed by atoms with Gasteiger partial charge in [0.15, 0.2) is 6.04 Å². The quantitative estimate of drug-likeness (QED) is 0.584. The van der Waals surface area contributed by atoms with Crippen molar-refractivity contribution in [3.05, 3.63) is 5.01 Å². The summed E-state index contributed by atoms with van der Waals surface area (Å²) in [6.45, 7) is 5.95. The van der Waals surface area contributed by atoms with Crippen molar-refractivity contribution in [3.8, 4) is 0 Å². The average Bonchev–Trinajstić information content (AvgIpc) is 2.74. The van der Waals surface area contributed by atoms with Crippen molar-refractivity contribution >= 4 is 28.3 Å². The smallest absolute Gasteiger partial charge is 0.332 e. The summed E-state index contributed by atoms with van der Waals surface area (Å²) in [5.74, 6) is -0.948. The van der Waals surface area contributed by atoms with E-state index < -0.39 is 17.9 Å². The first-order chi connectivity index (χ1) is 8.93. The van der Waals surface area contributed by atoms with Crippen LogP contribution < -0.4 is 11.1 Å². The largest absolute Gasteiger partial charge is 0.464 e. The molecule has 1 aromatic heterocycles. The highest BCUT2D eigenvalue weighted by molar-refractivity contribution is 7.15. The molecule has 19 heavy (non-hydrogen) atoms. The molecule has 1 unspecified atom stereocenters. The zero-order valence-corrected chi connectivity index (χ0v) is 12.0. The third-order valence-electron chi connectivity index (χ3n) is 2.10. The number of amides is 1. The Morgan fingerprint density at radius 3 is 2.68 bits per heavy atom. The van der Waals surface area contributed by atoms with Gasteiger partial charge in [-0.2, -0.15) is 0 Å². The van der Waals surface area contributed by atoms with E-state index in [4.69, 9.17) is 5.73 Å². The second-order valence-electron chi connectivity index (χ2n) is 4.32. The standard InChI is InChI=1S/C11H18N4O3S/c1-4-18-10(17)8(12)9(16)13-11-15-14-7(19-11)5-6(2)3/h6,8H,4-5,12H2,1-3H3,(H,13,15,16). The number of nitrogens with one attached hydrogen (secondary N) is 1. The van der Waals surface area contributed by atoms with Gasteiger partial charge in [-0.15, -0.1) is 10.2 Å². The maximum Gasteiger partial charge on any atom is 0.332 e. The summed E-state index contributed by atoms with van der Waals surface area (Å²) in [6, 6.07) is -1.35. The normalized spacial score (nSPS) is 12.3. The molecule has 8 heteroatoms. The summed E-state index contributed by atoms with van der Waals surface area (Å²) in [7, 11) is 0. The molecule has 0 spiro atoms. The topological polar surface area (TPSA) is 107 Å². The lowest BCUT2D eigenvalue weighted by Gasteiger charge is -2.08. The molecular formula is C11H18N4O3S. The van der Waals surface area contributed by atoms with Crippen LogP contribution in [0.3, 0.4) is 0 Å². The van der Waals surface area contributed by atoms with E-state index >= 15 is 0 Å². The highest BCUT2D eigenvalue weighted by Crippen LogP contribution is 2.18. The Balaban J connectivity index is 2.56. The van der Waals surface area contributed by atoms with E-state index in [0.717, 1.165) is 11.4 Å². The van der Waals surface area contributed by atoms with E-state index in [0.29, 0.717) is 11.0 Å². The fraction of sp³-hybridized carbons (Fsp3) is 0.636. The number of anilines is 1. The van der Waals surface area contributed by atoms with Crippen LogP contribution in [0.15, 0.2) is 0 Å². The zero-order valence-electron chi connectivity index (χ0n) is 11.2. The number of aromatic nitrogens is 2. The molecule has 0 aliphatic rings. The maximum atomic E-state index is 11.7. The van der Waals surface area contributed by atoms with Crippen molar-refractivity contribution in [3.63, 3.8) is 0 Å². The van der Waals surface area contributed by atoms with Gasteiger partial charge in [0.25, 0.3) is 5.91 Å². The molecule has 0 aromatic carbocycles. The Bertz CT molecular complexity index is 447. The van der Waals surface area contributed by atoms with Gasteiger partial charge in [-0.3, -0.25) is 10.1 Å². The van der Waals surface area contributed by atoms with Gasteiger partial charge in [-0.1, -0.05) is 25.2 Å². The van der Waals surface area contributed by atoms with Crippen LogP contribution in [0.25, 0.3) is 0 Å². The minimum absolute atomic E-state index is 0.178. The van der Waals surface area contributed by atoms with Gasteiger partial charge in [0.1, 0.15) is 5.01 Å². The Morgan fingerprint density at radius 1 is 1.42 bits per heavy atom. The van der Waals surface area contributed by atoms with Crippen molar-refractivity contribution in [1.82, 2.24) is 10.2 Å². The van der Waals surface area contributed by atoms with Crippen LogP contribution in [0.4, 0.5) is 5.13 Å². The molecule has 0 bridgehead atoms. The molecule has 7 nitrogen and oxygen atoms in total. The number of carbonyl (C=O) groups excluding carboxylic acids is 2. The van der Waals surface area contributed by atoms with E-state index in [2.05, 4.69) is 34.1 Å². The number of rotatable bonds is 6. The van der Waals surface area contributed by atoms with Gasteiger partial charge >= 0.3 is 5.97 Å². The van der Waals surface area contributed by atoms with Crippen LogP contribution >= 0.6 is 11.3 Å². The first kappa shape index (κ1) is 15.5. The molecule has 0 saturated heterocycles. The van der Waals surface area contributed by atoms with Crippen molar-refractivity contribution < 1.29 is 14.3 Å². The van der Waals surface area contributed by atoms with Gasteiger partial charge in [-0.05, 0) is 12.8 Å². The Labute approximate surface area is 115 Å². The van der Waals surface area contributed by atoms with Gasteiger partial charge < -0.3 is 10.5 Å². The molecule has 1 rings (SSSR count). The summed E-state index contributed by atoms with van der Waals surface area (Å²) in [4.78, 5) is 22.9. The molecule has 1 atom stereocenters. The third-order valence-corrected chi connectivity index (χ3v) is 2.96. The summed E-state index contributed by atoms with van der Waals surface area (Å²) in [5.41, 5.74) is 5.45. The molecular weight excluding hydrogens is 268 g/mol. The zero-order chi connectivity index (χ0) is 14.4. The van der Waals surface area contributed by atoms with Crippen LogP contribution in [0.1, 0.15) is 25.8 Å². The lowest BCUT2D eigenvalue weighted by molar-refractivity contribution is -0.146. The number of hydrogen-bond acceptors (Lipinski definition) is 7. The number of hydrogen-bond donors (Lipinski definition) is 2. The summed E-state index contributed by atoms with van der Waals surface area (Å²) >= 11 is 1.27. The minimum Gasteiger partial charge on any atom is -0.464 e. The second-order valence-corrected chi connectivity index (χ2v) is 5.38. The van der Waals surface area contributed by atoms with Crippen LogP contribution in [-0.4, -0.2) is 34.7 Å². The van der Waals surface area contributed by atoms with Crippen molar-refractivity contribution in [2.24, 2.45) is 11.7 Å². The molecule has 0 aliphatic carbocycles. The molecule has 0 aliphatic heterocycles. The van der Waals surface area contributed by atoms with E-state index in [9.17, 15) is 9.59 Å². The Kier molecular flexibility index (Phi) is 5.84. The van der Waals surface area contributed by atoms with Crippen molar-refractivity contribution in [2.45, 2.75) is 33.2 Å². The van der Waals surface area contributed by atoms with Crippen LogP contribution in [0.2, 0.25) is 0 Å². The fourth-order valence-electron chi connectivity index (χ4n) is 1.26. The second kappa shape index (κ2) is 7.15. The molecule has 1 aromatic rings. The minimum atomic E-state index is -1.35. The lowest BCUT2D eigenvalue weighted by Crippen LogP contribution is -2.43. The summed E-state index contributed by atoms with van der Waals surface area (Å²) in [6.07, 6.45) is 0.789. The van der Waals surface area contributed by atoms with Gasteiger partial charge in [-0.25, -0.2) is 4.79 Å². The monoisotopic (exact) mass is 286 g/mol. The first-order valence-electron chi connectivity index (χ1n) is 5.99. The van der Waals surface area contributed by atoms with E-state index in [-0.39, 0.29) is 6.61 Å². The molecule has 1 heterocycles. The van der Waals surface area contributed by atoms with Crippen molar-refractivity contribution in [2.75, 3.05) is 11.9 Å². The van der Waals surface area contributed by atoms with Crippen LogP contribution in [-0.2, 0) is 20.7 Å². The highest BCUT2D eigenvalue weighted by Gasteiger charge is 2.24. The summed E-state index contributed by atoms with van der Waals surface area (Å²) in [5, 5.41) is 11.4. The first-order valence-corrected chi connectivity index (χ1v) is 6.81. The summed E-state index contributed by atoms with van der Waals surface area (Å²) < 4.78 is 4.66.